The lowest BCUT2D eigenvalue weighted by atomic mass is 9.91. The van der Waals surface area contributed by atoms with Crippen molar-refractivity contribution in [1.82, 2.24) is 4.98 Å². The zero-order chi connectivity index (χ0) is 15.4. The Morgan fingerprint density at radius 3 is 2.64 bits per heavy atom. The van der Waals surface area contributed by atoms with E-state index in [1.54, 1.807) is 0 Å². The molecule has 2 nitrogen and oxygen atoms in total. The maximum absolute atomic E-state index is 4.73. The SMILES string of the molecule is Cc1cc(C)c2c(c1)-c1nccc3cccc(c13)N2C(C)C. The van der Waals surface area contributed by atoms with Gasteiger partial charge < -0.3 is 4.90 Å². The van der Waals surface area contributed by atoms with Gasteiger partial charge in [0.05, 0.1) is 17.1 Å². The molecule has 0 amide bonds. The number of pyridine rings is 1. The number of hydrogen-bond acceptors (Lipinski definition) is 2. The minimum atomic E-state index is 0.402. The highest BCUT2D eigenvalue weighted by Crippen LogP contribution is 2.48. The summed E-state index contributed by atoms with van der Waals surface area (Å²) in [5, 5.41) is 2.54. The smallest absolute Gasteiger partial charge is 0.0822 e. The van der Waals surface area contributed by atoms with Crippen molar-refractivity contribution in [3.8, 4) is 11.3 Å². The molecule has 0 saturated heterocycles. The van der Waals surface area contributed by atoms with Crippen LogP contribution >= 0.6 is 0 Å². The average molecular weight is 288 g/mol. The number of fused-ring (bicyclic) bond motifs is 2. The van der Waals surface area contributed by atoms with E-state index in [2.05, 4.69) is 69.0 Å². The molecule has 1 aromatic heterocycles. The highest BCUT2D eigenvalue weighted by atomic mass is 15.2. The molecule has 0 aliphatic carbocycles. The molecule has 1 aliphatic rings. The lowest BCUT2D eigenvalue weighted by Gasteiger charge is -2.37. The fourth-order valence-electron chi connectivity index (χ4n) is 3.73. The van der Waals surface area contributed by atoms with Gasteiger partial charge in [0.25, 0.3) is 0 Å². The van der Waals surface area contributed by atoms with Crippen molar-refractivity contribution in [1.29, 1.82) is 0 Å². The topological polar surface area (TPSA) is 16.1 Å². The Morgan fingerprint density at radius 2 is 1.86 bits per heavy atom. The highest BCUT2D eigenvalue weighted by Gasteiger charge is 2.28. The first-order valence-electron chi connectivity index (χ1n) is 7.86. The Hall–Kier alpha value is -2.35. The normalized spacial score (nSPS) is 12.9. The first-order chi connectivity index (χ1) is 10.6. The molecule has 0 radical (unpaired) electrons. The lowest BCUT2D eigenvalue weighted by Crippen LogP contribution is -2.29. The molecule has 1 aliphatic heterocycles. The van der Waals surface area contributed by atoms with Gasteiger partial charge in [0, 0.05) is 23.2 Å². The molecule has 4 rings (SSSR count). The Kier molecular flexibility index (Phi) is 2.77. The second-order valence-electron chi connectivity index (χ2n) is 6.48. The number of rotatable bonds is 1. The third-order valence-corrected chi connectivity index (χ3v) is 4.49. The van der Waals surface area contributed by atoms with Crippen molar-refractivity contribution in [2.24, 2.45) is 0 Å². The molecule has 0 bridgehead atoms. The fraction of sp³-hybridized carbons (Fsp3) is 0.250. The molecule has 0 fully saturated rings. The van der Waals surface area contributed by atoms with Crippen LogP contribution in [0.3, 0.4) is 0 Å². The third-order valence-electron chi connectivity index (χ3n) is 4.49. The van der Waals surface area contributed by atoms with E-state index in [1.807, 2.05) is 6.20 Å². The van der Waals surface area contributed by atoms with Crippen molar-refractivity contribution < 1.29 is 0 Å². The Labute approximate surface area is 131 Å². The maximum Gasteiger partial charge on any atom is 0.0822 e. The van der Waals surface area contributed by atoms with E-state index < -0.39 is 0 Å². The summed E-state index contributed by atoms with van der Waals surface area (Å²) in [5.74, 6) is 0. The van der Waals surface area contributed by atoms with Crippen LogP contribution in [0, 0.1) is 13.8 Å². The van der Waals surface area contributed by atoms with Crippen LogP contribution in [-0.4, -0.2) is 11.0 Å². The van der Waals surface area contributed by atoms with E-state index in [4.69, 9.17) is 4.98 Å². The molecule has 0 N–H and O–H groups in total. The number of benzene rings is 2. The number of aryl methyl sites for hydroxylation is 2. The first kappa shape index (κ1) is 13.3. The van der Waals surface area contributed by atoms with E-state index >= 15 is 0 Å². The van der Waals surface area contributed by atoms with Crippen molar-refractivity contribution in [2.75, 3.05) is 4.90 Å². The van der Waals surface area contributed by atoms with E-state index in [0.29, 0.717) is 6.04 Å². The largest absolute Gasteiger partial charge is 0.338 e. The van der Waals surface area contributed by atoms with Crippen molar-refractivity contribution in [3.63, 3.8) is 0 Å². The summed E-state index contributed by atoms with van der Waals surface area (Å²) in [6.45, 7) is 8.87. The van der Waals surface area contributed by atoms with Crippen LogP contribution in [0.2, 0.25) is 0 Å². The van der Waals surface area contributed by atoms with E-state index in [9.17, 15) is 0 Å². The minimum absolute atomic E-state index is 0.402. The summed E-state index contributed by atoms with van der Waals surface area (Å²) in [4.78, 5) is 7.19. The lowest BCUT2D eigenvalue weighted by molar-refractivity contribution is 0.787. The van der Waals surface area contributed by atoms with Gasteiger partial charge in [0.1, 0.15) is 0 Å². The molecule has 0 saturated carbocycles. The molecule has 2 heteroatoms. The van der Waals surface area contributed by atoms with Gasteiger partial charge in [0.2, 0.25) is 0 Å². The molecule has 0 unspecified atom stereocenters. The fourth-order valence-corrected chi connectivity index (χ4v) is 3.73. The van der Waals surface area contributed by atoms with E-state index in [1.165, 1.54) is 38.8 Å². The van der Waals surface area contributed by atoms with Crippen LogP contribution in [-0.2, 0) is 0 Å². The third kappa shape index (κ3) is 1.70. The maximum atomic E-state index is 4.73. The van der Waals surface area contributed by atoms with Crippen molar-refractivity contribution in [3.05, 3.63) is 53.7 Å². The zero-order valence-electron chi connectivity index (χ0n) is 13.5. The second kappa shape index (κ2) is 4.57. The second-order valence-corrected chi connectivity index (χ2v) is 6.48. The van der Waals surface area contributed by atoms with Gasteiger partial charge in [-0.25, -0.2) is 0 Å². The van der Waals surface area contributed by atoms with Crippen LogP contribution in [0.4, 0.5) is 11.4 Å². The highest BCUT2D eigenvalue weighted by molar-refractivity contribution is 6.11. The average Bonchev–Trinajstić information content (AvgIpc) is 2.48. The number of nitrogens with zero attached hydrogens (tertiary/aromatic N) is 2. The summed E-state index contributed by atoms with van der Waals surface area (Å²) in [7, 11) is 0. The van der Waals surface area contributed by atoms with Gasteiger partial charge in [0.15, 0.2) is 0 Å². The minimum Gasteiger partial charge on any atom is -0.338 e. The predicted molar refractivity (Wildman–Crippen MR) is 93.9 cm³/mol. The predicted octanol–water partition coefficient (Wildman–Crippen LogP) is 5.38. The van der Waals surface area contributed by atoms with Gasteiger partial charge in [-0.1, -0.05) is 23.8 Å². The van der Waals surface area contributed by atoms with Gasteiger partial charge in [-0.05, 0) is 56.8 Å². The van der Waals surface area contributed by atoms with Crippen LogP contribution < -0.4 is 4.90 Å². The summed E-state index contributed by atoms with van der Waals surface area (Å²) in [6, 6.07) is 13.6. The molecule has 22 heavy (non-hydrogen) atoms. The molecule has 110 valence electrons. The molecular formula is C20H20N2. The van der Waals surface area contributed by atoms with Crippen LogP contribution in [0.5, 0.6) is 0 Å². The summed E-state index contributed by atoms with van der Waals surface area (Å²) in [5.41, 5.74) is 7.56. The van der Waals surface area contributed by atoms with E-state index in [-0.39, 0.29) is 0 Å². The standard InChI is InChI=1S/C20H20N2/c1-12(2)22-17-7-5-6-15-8-9-21-19(18(15)17)16-11-13(3)10-14(4)20(16)22/h5-12H,1-4H3. The van der Waals surface area contributed by atoms with Gasteiger partial charge in [-0.15, -0.1) is 0 Å². The number of aromatic nitrogens is 1. The van der Waals surface area contributed by atoms with Gasteiger partial charge in [-0.3, -0.25) is 4.98 Å². The zero-order valence-corrected chi connectivity index (χ0v) is 13.5. The monoisotopic (exact) mass is 288 g/mol. The Balaban J connectivity index is 2.22. The molecule has 0 spiro atoms. The molecule has 0 atom stereocenters. The van der Waals surface area contributed by atoms with Crippen LogP contribution in [0.25, 0.3) is 22.0 Å². The van der Waals surface area contributed by atoms with Crippen LogP contribution in [0.1, 0.15) is 25.0 Å². The van der Waals surface area contributed by atoms with Gasteiger partial charge in [-0.2, -0.15) is 0 Å². The van der Waals surface area contributed by atoms with Crippen LogP contribution in [0.15, 0.2) is 42.6 Å². The number of hydrogen-bond donors (Lipinski definition) is 0. The molecule has 3 aromatic rings. The summed E-state index contributed by atoms with van der Waals surface area (Å²) in [6.07, 6.45) is 1.92. The van der Waals surface area contributed by atoms with Crippen molar-refractivity contribution >= 4 is 22.1 Å². The van der Waals surface area contributed by atoms with Gasteiger partial charge >= 0.3 is 0 Å². The first-order valence-corrected chi connectivity index (χ1v) is 7.86. The Bertz CT molecular complexity index is 888. The number of anilines is 2. The quantitative estimate of drug-likeness (QED) is 0.597. The summed E-state index contributed by atoms with van der Waals surface area (Å²) >= 11 is 0. The van der Waals surface area contributed by atoms with E-state index in [0.717, 1.165) is 5.69 Å². The molecular weight excluding hydrogens is 268 g/mol. The summed E-state index contributed by atoms with van der Waals surface area (Å²) < 4.78 is 0. The molecule has 2 heterocycles. The Morgan fingerprint density at radius 1 is 1.05 bits per heavy atom. The van der Waals surface area contributed by atoms with Crippen molar-refractivity contribution in [2.45, 2.75) is 33.7 Å². The molecule has 2 aromatic carbocycles.